The molecule has 0 radical (unpaired) electrons. The zero-order chi connectivity index (χ0) is 23.0. The van der Waals surface area contributed by atoms with E-state index >= 15 is 0 Å². The number of nitrogens with zero attached hydrogens (tertiary/aromatic N) is 3. The summed E-state index contributed by atoms with van der Waals surface area (Å²) in [4.78, 5) is 5.74. The van der Waals surface area contributed by atoms with Crippen molar-refractivity contribution < 1.29 is 27.0 Å². The van der Waals surface area contributed by atoms with Crippen molar-refractivity contribution >= 4 is 42.8 Å². The van der Waals surface area contributed by atoms with Gasteiger partial charge in [0.15, 0.2) is 15.5 Å². The molecule has 31 heavy (non-hydrogen) atoms. The maximum atomic E-state index is 13.1. The van der Waals surface area contributed by atoms with Gasteiger partial charge in [0.05, 0.1) is 29.5 Å². The van der Waals surface area contributed by atoms with E-state index in [1.165, 1.54) is 36.4 Å². The molecule has 0 aliphatic carbocycles. The average molecular weight is 482 g/mol. The van der Waals surface area contributed by atoms with Gasteiger partial charge in [-0.2, -0.15) is 4.31 Å². The van der Waals surface area contributed by atoms with Crippen molar-refractivity contribution in [1.29, 1.82) is 0 Å². The normalized spacial score (nSPS) is 22.0. The molecule has 12 heteroatoms. The van der Waals surface area contributed by atoms with Crippen molar-refractivity contribution in [3.8, 4) is 0 Å². The summed E-state index contributed by atoms with van der Waals surface area (Å²) in [7, 11) is -8.66. The van der Waals surface area contributed by atoms with Gasteiger partial charge in [-0.05, 0) is 12.1 Å². The fraction of sp³-hybridized carbons (Fsp3) is 0.263. The van der Waals surface area contributed by atoms with Gasteiger partial charge < -0.3 is 10.2 Å². The second-order valence-corrected chi connectivity index (χ2v) is 11.4. The molecule has 2 aromatic rings. The lowest BCUT2D eigenvalue weighted by atomic mass is 10.1. The van der Waals surface area contributed by atoms with E-state index in [4.69, 9.17) is 24.7 Å². The predicted octanol–water partition coefficient (Wildman–Crippen LogP) is 2.01. The van der Waals surface area contributed by atoms with Crippen LogP contribution in [0, 0.1) is 13.1 Å². The van der Waals surface area contributed by atoms with Crippen LogP contribution >= 0.6 is 11.6 Å². The lowest BCUT2D eigenvalue weighted by Gasteiger charge is -2.26. The number of rotatable bonds is 5. The Morgan fingerprint density at radius 1 is 1.10 bits per heavy atom. The van der Waals surface area contributed by atoms with E-state index < -0.39 is 50.4 Å². The zero-order valence-electron chi connectivity index (χ0n) is 15.8. The number of halogens is 1. The molecule has 0 amide bonds. The number of aliphatic hydroxyl groups excluding tert-OH is 1. The highest BCUT2D eigenvalue weighted by atomic mass is 35.5. The summed E-state index contributed by atoms with van der Waals surface area (Å²) in [6.45, 7) is 11.8. The summed E-state index contributed by atoms with van der Waals surface area (Å²) in [6, 6.07) is 8.54. The standard InChI is InChI=1S/C19H16ClN3O6S2/c1-21-14-4-6-15(7-5-14)30(26,27)18-10-23(11-19(18,25)12-24)31(28,29)17-8-3-13(20)9-16(17)22-2/h3-9,18,24-25H,10-12H2/t18-,19+/m0/s1. The first-order chi connectivity index (χ1) is 14.5. The molecule has 1 heterocycles. The molecule has 2 N–H and O–H groups in total. The van der Waals surface area contributed by atoms with Crippen molar-refractivity contribution in [2.75, 3.05) is 19.7 Å². The average Bonchev–Trinajstić information content (AvgIpc) is 3.13. The third-order valence-electron chi connectivity index (χ3n) is 5.02. The van der Waals surface area contributed by atoms with Gasteiger partial charge in [-0.15, -0.1) is 0 Å². The molecule has 1 fully saturated rings. The van der Waals surface area contributed by atoms with E-state index in [1.54, 1.807) is 0 Å². The lowest BCUT2D eigenvalue weighted by molar-refractivity contribution is 0.00160. The second-order valence-electron chi connectivity index (χ2n) is 6.92. The molecule has 0 unspecified atom stereocenters. The van der Waals surface area contributed by atoms with E-state index in [1.807, 2.05) is 0 Å². The van der Waals surface area contributed by atoms with Crippen LogP contribution in [0.5, 0.6) is 0 Å². The summed E-state index contributed by atoms with van der Waals surface area (Å²) in [5.41, 5.74) is -2.31. The Morgan fingerprint density at radius 2 is 1.74 bits per heavy atom. The minimum atomic E-state index is -4.38. The van der Waals surface area contributed by atoms with Crippen molar-refractivity contribution in [1.82, 2.24) is 4.31 Å². The van der Waals surface area contributed by atoms with Gasteiger partial charge in [-0.1, -0.05) is 41.9 Å². The summed E-state index contributed by atoms with van der Waals surface area (Å²) in [5, 5.41) is 19.1. The highest BCUT2D eigenvalue weighted by molar-refractivity contribution is 7.92. The molecule has 0 bridgehead atoms. The Bertz CT molecular complexity index is 1310. The number of β-amino-alcohol motifs (C(OH)–C–C–N with tert-alkyl or cyclic N) is 1. The first-order valence-electron chi connectivity index (χ1n) is 8.71. The van der Waals surface area contributed by atoms with E-state index in [0.717, 1.165) is 10.4 Å². The topological polar surface area (TPSA) is 121 Å². The molecule has 0 spiro atoms. The third-order valence-corrected chi connectivity index (χ3v) is 9.38. The molecule has 1 aliphatic heterocycles. The van der Waals surface area contributed by atoms with Gasteiger partial charge in [0.2, 0.25) is 15.7 Å². The second kappa shape index (κ2) is 8.20. The fourth-order valence-corrected chi connectivity index (χ4v) is 7.19. The molecule has 2 aromatic carbocycles. The maximum Gasteiger partial charge on any atom is 0.233 e. The van der Waals surface area contributed by atoms with Gasteiger partial charge in [0, 0.05) is 18.1 Å². The van der Waals surface area contributed by atoms with E-state index in [0.29, 0.717) is 0 Å². The monoisotopic (exact) mass is 481 g/mol. The first-order valence-corrected chi connectivity index (χ1v) is 12.1. The molecule has 9 nitrogen and oxygen atoms in total. The van der Waals surface area contributed by atoms with Crippen LogP contribution in [0.1, 0.15) is 0 Å². The van der Waals surface area contributed by atoms with Gasteiger partial charge in [-0.25, -0.2) is 26.5 Å². The zero-order valence-corrected chi connectivity index (χ0v) is 18.2. The highest BCUT2D eigenvalue weighted by Crippen LogP contribution is 2.37. The summed E-state index contributed by atoms with van der Waals surface area (Å²) < 4.78 is 53.3. The Morgan fingerprint density at radius 3 is 2.29 bits per heavy atom. The Hall–Kier alpha value is -2.51. The molecule has 162 valence electrons. The maximum absolute atomic E-state index is 13.1. The highest BCUT2D eigenvalue weighted by Gasteiger charge is 2.55. The largest absolute Gasteiger partial charge is 0.393 e. The van der Waals surface area contributed by atoms with Crippen molar-refractivity contribution in [3.05, 3.63) is 70.3 Å². The molecular formula is C19H16ClN3O6S2. The molecule has 2 atom stereocenters. The van der Waals surface area contributed by atoms with Gasteiger partial charge in [0.1, 0.15) is 10.9 Å². The molecule has 1 saturated heterocycles. The Balaban J connectivity index is 2.04. The smallest absolute Gasteiger partial charge is 0.233 e. The van der Waals surface area contributed by atoms with Gasteiger partial charge in [0.25, 0.3) is 0 Å². The van der Waals surface area contributed by atoms with Crippen molar-refractivity contribution in [2.45, 2.75) is 20.6 Å². The van der Waals surface area contributed by atoms with Crippen LogP contribution in [-0.4, -0.2) is 61.9 Å². The van der Waals surface area contributed by atoms with Crippen LogP contribution in [-0.2, 0) is 19.9 Å². The number of sulfonamides is 1. The summed E-state index contributed by atoms with van der Waals surface area (Å²) >= 11 is 5.82. The van der Waals surface area contributed by atoms with E-state index in [2.05, 4.69) is 9.69 Å². The number of hydrogen-bond donors (Lipinski definition) is 2. The molecule has 0 aromatic heterocycles. The van der Waals surface area contributed by atoms with Crippen LogP contribution in [0.2, 0.25) is 5.02 Å². The van der Waals surface area contributed by atoms with Crippen molar-refractivity contribution in [3.63, 3.8) is 0 Å². The van der Waals surface area contributed by atoms with Crippen LogP contribution in [0.4, 0.5) is 11.4 Å². The van der Waals surface area contributed by atoms with Gasteiger partial charge >= 0.3 is 0 Å². The van der Waals surface area contributed by atoms with Gasteiger partial charge in [-0.3, -0.25) is 0 Å². The van der Waals surface area contributed by atoms with Crippen molar-refractivity contribution in [2.24, 2.45) is 0 Å². The fourth-order valence-electron chi connectivity index (χ4n) is 3.36. The molecular weight excluding hydrogens is 466 g/mol. The van der Waals surface area contributed by atoms with Crippen LogP contribution in [0.15, 0.2) is 52.3 Å². The number of hydrogen-bond acceptors (Lipinski definition) is 6. The van der Waals surface area contributed by atoms with E-state index in [-0.39, 0.29) is 26.2 Å². The molecule has 1 aliphatic rings. The summed E-state index contributed by atoms with van der Waals surface area (Å²) in [5.74, 6) is 0. The molecule has 3 rings (SSSR count). The minimum Gasteiger partial charge on any atom is -0.393 e. The Labute approximate surface area is 184 Å². The van der Waals surface area contributed by atoms with Crippen LogP contribution in [0.25, 0.3) is 9.69 Å². The van der Waals surface area contributed by atoms with Crippen LogP contribution in [0.3, 0.4) is 0 Å². The minimum absolute atomic E-state index is 0.154. The molecule has 0 saturated carbocycles. The van der Waals surface area contributed by atoms with Crippen LogP contribution < -0.4 is 0 Å². The number of benzene rings is 2. The number of sulfone groups is 1. The quantitative estimate of drug-likeness (QED) is 0.630. The SMILES string of the molecule is [C-]#[N+]c1ccc(S(=O)(=O)[C@H]2CN(S(=O)(=O)c3ccc(Cl)cc3[N+]#[C-])C[C@@]2(O)CO)cc1. The first kappa shape index (κ1) is 23.2. The number of aliphatic hydroxyl groups is 2. The predicted molar refractivity (Wildman–Crippen MR) is 112 cm³/mol. The summed E-state index contributed by atoms with van der Waals surface area (Å²) in [6.07, 6.45) is 0. The Kier molecular flexibility index (Phi) is 6.13. The third kappa shape index (κ3) is 4.04. The van der Waals surface area contributed by atoms with E-state index in [9.17, 15) is 27.0 Å². The lowest BCUT2D eigenvalue weighted by Crippen LogP contribution is -2.49.